The minimum Gasteiger partial charge on any atom is -0.379 e. The number of hydrogen-bond acceptors (Lipinski definition) is 4. The molecule has 1 aromatic rings. The third-order valence-corrected chi connectivity index (χ3v) is 3.90. The first-order valence-corrected chi connectivity index (χ1v) is 8.47. The van der Waals surface area contributed by atoms with Gasteiger partial charge in [0.15, 0.2) is 0 Å². The number of halogens is 1. The van der Waals surface area contributed by atoms with E-state index in [9.17, 15) is 0 Å². The monoisotopic (exact) mass is 355 g/mol. The quantitative estimate of drug-likeness (QED) is 0.822. The molecule has 1 aliphatic rings. The molecule has 4 nitrogen and oxygen atoms in total. The Kier molecular flexibility index (Phi) is 6.02. The van der Waals surface area contributed by atoms with Crippen molar-refractivity contribution in [3.05, 3.63) is 22.3 Å². The second kappa shape index (κ2) is 7.56. The molecule has 0 atom stereocenters. The molecule has 5 heteroatoms. The molecule has 1 aliphatic heterocycles. The number of ether oxygens (including phenoxy) is 1. The van der Waals surface area contributed by atoms with Gasteiger partial charge in [0, 0.05) is 18.6 Å². The Morgan fingerprint density at radius 2 is 2.00 bits per heavy atom. The van der Waals surface area contributed by atoms with Gasteiger partial charge in [-0.05, 0) is 67.7 Å². The van der Waals surface area contributed by atoms with Gasteiger partial charge in [-0.3, -0.25) is 4.90 Å². The summed E-state index contributed by atoms with van der Waals surface area (Å²) in [6, 6.07) is 4.20. The van der Waals surface area contributed by atoms with Gasteiger partial charge in [0.1, 0.15) is 10.4 Å². The smallest absolute Gasteiger partial charge is 0.130 e. The molecule has 1 aromatic heterocycles. The highest BCUT2D eigenvalue weighted by atomic mass is 79.9. The van der Waals surface area contributed by atoms with Gasteiger partial charge < -0.3 is 10.1 Å². The highest BCUT2D eigenvalue weighted by Crippen LogP contribution is 2.22. The van der Waals surface area contributed by atoms with Crippen LogP contribution in [0.2, 0.25) is 0 Å². The molecule has 0 saturated carbocycles. The van der Waals surface area contributed by atoms with Gasteiger partial charge in [-0.25, -0.2) is 4.98 Å². The summed E-state index contributed by atoms with van der Waals surface area (Å²) in [6.07, 6.45) is 2.21. The molecule has 2 heterocycles. The van der Waals surface area contributed by atoms with Gasteiger partial charge in [-0.2, -0.15) is 0 Å². The van der Waals surface area contributed by atoms with Crippen molar-refractivity contribution in [2.75, 3.05) is 38.2 Å². The first-order chi connectivity index (χ1) is 9.94. The number of morpholine rings is 1. The molecule has 0 bridgehead atoms. The number of pyridine rings is 1. The predicted molar refractivity (Wildman–Crippen MR) is 90.9 cm³/mol. The first-order valence-electron chi connectivity index (χ1n) is 7.68. The Bertz CT molecular complexity index is 453. The van der Waals surface area contributed by atoms with Gasteiger partial charge in [0.05, 0.1) is 13.2 Å². The molecule has 1 fully saturated rings. The summed E-state index contributed by atoms with van der Waals surface area (Å²) >= 11 is 3.46. The fraction of sp³-hybridized carbons (Fsp3) is 0.688. The summed E-state index contributed by atoms with van der Waals surface area (Å²) in [6.45, 7) is 11.5. The maximum absolute atomic E-state index is 5.38. The van der Waals surface area contributed by atoms with Crippen LogP contribution >= 0.6 is 15.9 Å². The van der Waals surface area contributed by atoms with Crippen molar-refractivity contribution in [3.63, 3.8) is 0 Å². The Labute approximate surface area is 136 Å². The SMILES string of the molecule is CC(C)(C)Nc1nc(Br)ccc1CCCN1CCOCC1. The minimum atomic E-state index is 0.0206. The maximum Gasteiger partial charge on any atom is 0.130 e. The average Bonchev–Trinajstić information content (AvgIpc) is 2.41. The number of aryl methyl sites for hydroxylation is 1. The van der Waals surface area contributed by atoms with Crippen LogP contribution in [0, 0.1) is 0 Å². The van der Waals surface area contributed by atoms with Crippen LogP contribution < -0.4 is 5.32 Å². The Balaban J connectivity index is 1.92. The largest absolute Gasteiger partial charge is 0.379 e. The molecule has 0 aromatic carbocycles. The topological polar surface area (TPSA) is 37.4 Å². The van der Waals surface area contributed by atoms with Crippen molar-refractivity contribution in [3.8, 4) is 0 Å². The summed E-state index contributed by atoms with van der Waals surface area (Å²) in [4.78, 5) is 7.07. The van der Waals surface area contributed by atoms with E-state index in [2.05, 4.69) is 58.0 Å². The second-order valence-corrected chi connectivity index (χ2v) is 7.39. The molecule has 118 valence electrons. The van der Waals surface area contributed by atoms with Gasteiger partial charge in [-0.15, -0.1) is 0 Å². The molecule has 2 rings (SSSR count). The van der Waals surface area contributed by atoms with Gasteiger partial charge in [0.25, 0.3) is 0 Å². The predicted octanol–water partition coefficient (Wildman–Crippen LogP) is 3.32. The first kappa shape index (κ1) is 16.7. The number of rotatable bonds is 5. The molecule has 0 spiro atoms. The van der Waals surface area contributed by atoms with Crippen molar-refractivity contribution >= 4 is 21.7 Å². The van der Waals surface area contributed by atoms with E-state index in [-0.39, 0.29) is 5.54 Å². The number of nitrogens with zero attached hydrogens (tertiary/aromatic N) is 2. The zero-order chi connectivity index (χ0) is 15.3. The number of nitrogens with one attached hydrogen (secondary N) is 1. The van der Waals surface area contributed by atoms with E-state index in [4.69, 9.17) is 4.74 Å². The summed E-state index contributed by atoms with van der Waals surface area (Å²) in [5.74, 6) is 0.999. The highest BCUT2D eigenvalue weighted by molar-refractivity contribution is 9.10. The fourth-order valence-electron chi connectivity index (χ4n) is 2.45. The molecule has 0 radical (unpaired) electrons. The van der Waals surface area contributed by atoms with Crippen LogP contribution in [0.5, 0.6) is 0 Å². The standard InChI is InChI=1S/C16H26BrN3O/c1-16(2,3)19-15-13(6-7-14(17)18-15)5-4-8-20-9-11-21-12-10-20/h6-7H,4-5,8-12H2,1-3H3,(H,18,19). The van der Waals surface area contributed by atoms with Crippen LogP contribution in [0.4, 0.5) is 5.82 Å². The number of hydrogen-bond donors (Lipinski definition) is 1. The molecular formula is C16H26BrN3O. The molecule has 1 N–H and O–H groups in total. The second-order valence-electron chi connectivity index (χ2n) is 6.57. The summed E-state index contributed by atoms with van der Waals surface area (Å²) in [7, 11) is 0. The normalized spacial score (nSPS) is 17.0. The zero-order valence-corrected chi connectivity index (χ0v) is 14.9. The van der Waals surface area contributed by atoms with Crippen molar-refractivity contribution in [2.24, 2.45) is 0 Å². The van der Waals surface area contributed by atoms with E-state index >= 15 is 0 Å². The Morgan fingerprint density at radius 3 is 2.67 bits per heavy atom. The lowest BCUT2D eigenvalue weighted by atomic mass is 10.1. The number of anilines is 1. The molecule has 1 saturated heterocycles. The lowest BCUT2D eigenvalue weighted by Crippen LogP contribution is -2.37. The average molecular weight is 356 g/mol. The minimum absolute atomic E-state index is 0.0206. The van der Waals surface area contributed by atoms with Crippen LogP contribution in [0.15, 0.2) is 16.7 Å². The molecule has 0 unspecified atom stereocenters. The van der Waals surface area contributed by atoms with Gasteiger partial charge in [0.2, 0.25) is 0 Å². The molecular weight excluding hydrogens is 330 g/mol. The molecule has 0 aliphatic carbocycles. The van der Waals surface area contributed by atoms with Crippen LogP contribution in [0.3, 0.4) is 0 Å². The summed E-state index contributed by atoms with van der Waals surface area (Å²) < 4.78 is 6.27. The fourth-order valence-corrected chi connectivity index (χ4v) is 2.76. The molecule has 21 heavy (non-hydrogen) atoms. The van der Waals surface area contributed by atoms with E-state index in [1.54, 1.807) is 0 Å². The Hall–Kier alpha value is -0.650. The van der Waals surface area contributed by atoms with E-state index in [1.807, 2.05) is 6.07 Å². The van der Waals surface area contributed by atoms with Crippen LogP contribution in [0.1, 0.15) is 32.8 Å². The van der Waals surface area contributed by atoms with Crippen molar-refractivity contribution in [1.29, 1.82) is 0 Å². The van der Waals surface area contributed by atoms with Crippen LogP contribution in [0.25, 0.3) is 0 Å². The van der Waals surface area contributed by atoms with Gasteiger partial charge in [-0.1, -0.05) is 6.07 Å². The van der Waals surface area contributed by atoms with Crippen molar-refractivity contribution < 1.29 is 4.74 Å². The van der Waals surface area contributed by atoms with E-state index < -0.39 is 0 Å². The van der Waals surface area contributed by atoms with E-state index in [0.29, 0.717) is 0 Å². The summed E-state index contributed by atoms with van der Waals surface area (Å²) in [5.41, 5.74) is 1.31. The summed E-state index contributed by atoms with van der Waals surface area (Å²) in [5, 5.41) is 3.50. The highest BCUT2D eigenvalue weighted by Gasteiger charge is 2.15. The molecule has 0 amide bonds. The van der Waals surface area contributed by atoms with Crippen molar-refractivity contribution in [1.82, 2.24) is 9.88 Å². The third-order valence-electron chi connectivity index (χ3n) is 3.46. The van der Waals surface area contributed by atoms with Crippen LogP contribution in [-0.2, 0) is 11.2 Å². The van der Waals surface area contributed by atoms with E-state index in [1.165, 1.54) is 5.56 Å². The Morgan fingerprint density at radius 1 is 1.29 bits per heavy atom. The lowest BCUT2D eigenvalue weighted by molar-refractivity contribution is 0.0375. The van der Waals surface area contributed by atoms with E-state index in [0.717, 1.165) is 56.1 Å². The van der Waals surface area contributed by atoms with Gasteiger partial charge >= 0.3 is 0 Å². The lowest BCUT2D eigenvalue weighted by Gasteiger charge is -2.27. The van der Waals surface area contributed by atoms with Crippen molar-refractivity contribution in [2.45, 2.75) is 39.2 Å². The maximum atomic E-state index is 5.38. The third kappa shape index (κ3) is 5.93. The number of aromatic nitrogens is 1. The zero-order valence-electron chi connectivity index (χ0n) is 13.3. The van der Waals surface area contributed by atoms with Crippen LogP contribution in [-0.4, -0.2) is 48.3 Å².